The van der Waals surface area contributed by atoms with E-state index in [1.54, 1.807) is 0 Å². The van der Waals surface area contributed by atoms with Crippen molar-refractivity contribution in [1.82, 2.24) is 4.98 Å². The number of hydrogen-bond donors (Lipinski definition) is 0. The van der Waals surface area contributed by atoms with Crippen LogP contribution in [0, 0.1) is 11.3 Å². The summed E-state index contributed by atoms with van der Waals surface area (Å²) in [6.45, 7) is 0. The van der Waals surface area contributed by atoms with Gasteiger partial charge < -0.3 is 4.42 Å². The molecule has 0 atom stereocenters. The van der Waals surface area contributed by atoms with E-state index in [0.29, 0.717) is 5.56 Å². The van der Waals surface area contributed by atoms with Crippen LogP contribution in [-0.2, 0) is 12.8 Å². The molecule has 2 aromatic heterocycles. The van der Waals surface area contributed by atoms with E-state index in [1.165, 1.54) is 29.4 Å². The van der Waals surface area contributed by atoms with Gasteiger partial charge in [-0.2, -0.15) is 5.26 Å². The van der Waals surface area contributed by atoms with Crippen molar-refractivity contribution < 1.29 is 4.42 Å². The van der Waals surface area contributed by atoms with E-state index in [4.69, 9.17) is 9.68 Å². The molecule has 0 saturated heterocycles. The molecule has 5 aromatic rings. The number of aryl methyl sites for hydroxylation is 2. The summed E-state index contributed by atoms with van der Waals surface area (Å²) in [5, 5.41) is 13.6. The number of pyridine rings is 1. The number of aromatic nitrogens is 1. The van der Waals surface area contributed by atoms with Crippen molar-refractivity contribution >= 4 is 32.7 Å². The number of nitrogens with zero attached hydrogens (tertiary/aromatic N) is 2. The van der Waals surface area contributed by atoms with E-state index in [2.05, 4.69) is 35.3 Å². The SMILES string of the molecule is N#Cc1ccc(-c2nccc3cc4oc5cc6c(cc5c4cc23)CCCC6)cc1. The highest BCUT2D eigenvalue weighted by atomic mass is 16.3. The molecule has 3 aromatic carbocycles. The standard InChI is InChI=1S/C26H18N2O/c27-15-16-5-7-17(8-6-16)26-21-14-23-22-11-18-3-1-2-4-19(18)12-24(22)29-25(23)13-20(21)9-10-28-26/h5-14H,1-4H2. The normalized spacial score (nSPS) is 13.6. The molecule has 0 saturated carbocycles. The van der Waals surface area contributed by atoms with Gasteiger partial charge in [0.2, 0.25) is 0 Å². The van der Waals surface area contributed by atoms with Crippen LogP contribution in [0.15, 0.2) is 65.2 Å². The zero-order valence-corrected chi connectivity index (χ0v) is 15.9. The van der Waals surface area contributed by atoms with Gasteiger partial charge >= 0.3 is 0 Å². The van der Waals surface area contributed by atoms with Crippen molar-refractivity contribution in [2.75, 3.05) is 0 Å². The average Bonchev–Trinajstić information content (AvgIpc) is 3.12. The summed E-state index contributed by atoms with van der Waals surface area (Å²) in [6.07, 6.45) is 6.68. The molecule has 6 rings (SSSR count). The molecule has 138 valence electrons. The average molecular weight is 374 g/mol. The van der Waals surface area contributed by atoms with Gasteiger partial charge in [0.15, 0.2) is 0 Å². The van der Waals surface area contributed by atoms with Crippen molar-refractivity contribution in [3.8, 4) is 17.3 Å². The van der Waals surface area contributed by atoms with Crippen LogP contribution in [0.4, 0.5) is 0 Å². The molecule has 0 radical (unpaired) electrons. The Morgan fingerprint density at radius 1 is 0.793 bits per heavy atom. The summed E-state index contributed by atoms with van der Waals surface area (Å²) in [6, 6.07) is 20.7. The van der Waals surface area contributed by atoms with Gasteiger partial charge in [0.05, 0.1) is 17.3 Å². The first-order valence-electron chi connectivity index (χ1n) is 10.1. The fourth-order valence-electron chi connectivity index (χ4n) is 4.60. The minimum atomic E-state index is 0.655. The Kier molecular flexibility index (Phi) is 3.48. The molecular formula is C26H18N2O. The lowest BCUT2D eigenvalue weighted by atomic mass is 9.90. The van der Waals surface area contributed by atoms with Crippen LogP contribution in [0.1, 0.15) is 29.5 Å². The summed E-state index contributed by atoms with van der Waals surface area (Å²) < 4.78 is 6.25. The Morgan fingerprint density at radius 2 is 1.52 bits per heavy atom. The van der Waals surface area contributed by atoms with E-state index >= 15 is 0 Å². The monoisotopic (exact) mass is 374 g/mol. The molecule has 0 bridgehead atoms. The minimum absolute atomic E-state index is 0.655. The second-order valence-electron chi connectivity index (χ2n) is 7.84. The zero-order valence-electron chi connectivity index (χ0n) is 15.9. The number of rotatable bonds is 1. The Hall–Kier alpha value is -3.64. The lowest BCUT2D eigenvalue weighted by Gasteiger charge is -2.14. The smallest absolute Gasteiger partial charge is 0.136 e. The molecule has 2 heterocycles. The van der Waals surface area contributed by atoms with E-state index in [9.17, 15) is 0 Å². The van der Waals surface area contributed by atoms with Gasteiger partial charge in [-0.05, 0) is 84.7 Å². The molecule has 0 aliphatic heterocycles. The molecule has 0 unspecified atom stereocenters. The number of furan rings is 1. The number of nitriles is 1. The second-order valence-corrected chi connectivity index (χ2v) is 7.84. The van der Waals surface area contributed by atoms with Gasteiger partial charge in [-0.15, -0.1) is 0 Å². The van der Waals surface area contributed by atoms with Crippen LogP contribution in [0.2, 0.25) is 0 Å². The fourth-order valence-corrected chi connectivity index (χ4v) is 4.60. The summed E-state index contributed by atoms with van der Waals surface area (Å²) in [4.78, 5) is 4.66. The first kappa shape index (κ1) is 16.3. The molecule has 1 aliphatic carbocycles. The largest absolute Gasteiger partial charge is 0.456 e. The third-order valence-electron chi connectivity index (χ3n) is 6.11. The molecule has 3 heteroatoms. The predicted molar refractivity (Wildman–Crippen MR) is 116 cm³/mol. The molecule has 3 nitrogen and oxygen atoms in total. The second kappa shape index (κ2) is 6.18. The van der Waals surface area contributed by atoms with E-state index in [0.717, 1.165) is 51.4 Å². The maximum Gasteiger partial charge on any atom is 0.136 e. The van der Waals surface area contributed by atoms with Crippen molar-refractivity contribution in [3.05, 3.63) is 77.5 Å². The van der Waals surface area contributed by atoms with Gasteiger partial charge in [-0.3, -0.25) is 4.98 Å². The van der Waals surface area contributed by atoms with Gasteiger partial charge in [-0.1, -0.05) is 12.1 Å². The number of fused-ring (bicyclic) bond motifs is 5. The first-order valence-corrected chi connectivity index (χ1v) is 10.1. The van der Waals surface area contributed by atoms with Crippen molar-refractivity contribution in [2.45, 2.75) is 25.7 Å². The van der Waals surface area contributed by atoms with Gasteiger partial charge in [-0.25, -0.2) is 0 Å². The topological polar surface area (TPSA) is 49.8 Å². The summed E-state index contributed by atoms with van der Waals surface area (Å²) in [5.74, 6) is 0. The van der Waals surface area contributed by atoms with Gasteiger partial charge in [0.1, 0.15) is 11.2 Å². The third-order valence-corrected chi connectivity index (χ3v) is 6.11. The Balaban J connectivity index is 1.63. The minimum Gasteiger partial charge on any atom is -0.456 e. The maximum atomic E-state index is 9.07. The van der Waals surface area contributed by atoms with E-state index < -0.39 is 0 Å². The van der Waals surface area contributed by atoms with Gasteiger partial charge in [0.25, 0.3) is 0 Å². The molecule has 0 spiro atoms. The zero-order chi connectivity index (χ0) is 19.4. The summed E-state index contributed by atoms with van der Waals surface area (Å²) in [5.41, 5.74) is 7.40. The number of hydrogen-bond acceptors (Lipinski definition) is 3. The third kappa shape index (κ3) is 2.53. The molecular weight excluding hydrogens is 356 g/mol. The molecule has 1 aliphatic rings. The molecule has 0 amide bonds. The van der Waals surface area contributed by atoms with Gasteiger partial charge in [0, 0.05) is 27.9 Å². The van der Waals surface area contributed by atoms with Crippen LogP contribution < -0.4 is 0 Å². The molecule has 0 N–H and O–H groups in total. The predicted octanol–water partition coefficient (Wildman–Crippen LogP) is 6.55. The van der Waals surface area contributed by atoms with Crippen LogP contribution in [0.3, 0.4) is 0 Å². The van der Waals surface area contributed by atoms with E-state index in [1.807, 2.05) is 36.5 Å². The van der Waals surface area contributed by atoms with Crippen LogP contribution in [0.25, 0.3) is 44.0 Å². The van der Waals surface area contributed by atoms with Crippen LogP contribution in [0.5, 0.6) is 0 Å². The van der Waals surface area contributed by atoms with Crippen molar-refractivity contribution in [2.24, 2.45) is 0 Å². The lowest BCUT2D eigenvalue weighted by Crippen LogP contribution is -2.01. The lowest BCUT2D eigenvalue weighted by molar-refractivity contribution is 0.660. The molecule has 0 fully saturated rings. The Labute approximate surface area is 168 Å². The van der Waals surface area contributed by atoms with Crippen molar-refractivity contribution in [3.63, 3.8) is 0 Å². The summed E-state index contributed by atoms with van der Waals surface area (Å²) in [7, 11) is 0. The quantitative estimate of drug-likeness (QED) is 0.334. The number of benzene rings is 3. The summed E-state index contributed by atoms with van der Waals surface area (Å²) >= 11 is 0. The first-order chi connectivity index (χ1) is 14.3. The Bertz CT molecular complexity index is 1450. The highest BCUT2D eigenvalue weighted by Gasteiger charge is 2.16. The maximum absolute atomic E-state index is 9.07. The van der Waals surface area contributed by atoms with Crippen LogP contribution in [-0.4, -0.2) is 4.98 Å². The Morgan fingerprint density at radius 3 is 2.31 bits per heavy atom. The molecule has 29 heavy (non-hydrogen) atoms. The highest BCUT2D eigenvalue weighted by Crippen LogP contribution is 2.37. The van der Waals surface area contributed by atoms with Crippen molar-refractivity contribution in [1.29, 1.82) is 5.26 Å². The van der Waals surface area contributed by atoms with Crippen LogP contribution >= 0.6 is 0 Å². The van der Waals surface area contributed by atoms with E-state index in [-0.39, 0.29) is 0 Å². The fraction of sp³-hybridized carbons (Fsp3) is 0.154. The highest BCUT2D eigenvalue weighted by molar-refractivity contribution is 6.12.